The van der Waals surface area contributed by atoms with Crippen LogP contribution in [0.3, 0.4) is 0 Å². The molecule has 1 aliphatic heterocycles. The highest BCUT2D eigenvalue weighted by Crippen LogP contribution is 2.26. The van der Waals surface area contributed by atoms with E-state index in [4.69, 9.17) is 0 Å². The summed E-state index contributed by atoms with van der Waals surface area (Å²) >= 11 is 0. The third-order valence-corrected chi connectivity index (χ3v) is 4.63. The number of aromatic nitrogens is 3. The van der Waals surface area contributed by atoms with Crippen LogP contribution in [0.15, 0.2) is 24.3 Å². The van der Waals surface area contributed by atoms with E-state index in [0.29, 0.717) is 24.5 Å². The maximum absolute atomic E-state index is 12.9. The third-order valence-electron chi connectivity index (χ3n) is 3.97. The standard InChI is InChI=1S/C15H18FN5O3S/c1-25(23,24)18-9-14-20-19-13-7-6-12(21(13)14)15(22)17-8-10-2-4-11(16)5-3-10/h2-5,12H,6-9H2,1H3,(H2-,17,18,22,23,24). The zero-order valence-corrected chi connectivity index (χ0v) is 14.4. The van der Waals surface area contributed by atoms with Gasteiger partial charge in [0.15, 0.2) is 5.82 Å². The minimum Gasteiger partial charge on any atom is -0.598 e. The molecule has 2 unspecified atom stereocenters. The van der Waals surface area contributed by atoms with Crippen molar-refractivity contribution in [2.24, 2.45) is 0 Å². The molecule has 0 fully saturated rings. The van der Waals surface area contributed by atoms with Crippen molar-refractivity contribution in [3.05, 3.63) is 47.3 Å². The van der Waals surface area contributed by atoms with Gasteiger partial charge in [-0.15, -0.1) is 14.9 Å². The van der Waals surface area contributed by atoms with Crippen molar-refractivity contribution >= 4 is 16.3 Å². The highest BCUT2D eigenvalue weighted by molar-refractivity contribution is 7.95. The fraction of sp³-hybridized carbons (Fsp3) is 0.400. The minimum absolute atomic E-state index is 0.0203. The molecule has 8 nitrogen and oxygen atoms in total. The highest BCUT2D eigenvalue weighted by atomic mass is 32.3. The van der Waals surface area contributed by atoms with Gasteiger partial charge in [0.05, 0.1) is 0 Å². The third kappa shape index (κ3) is 4.27. The maximum atomic E-state index is 12.9. The Bertz CT molecular complexity index is 817. The quantitative estimate of drug-likeness (QED) is 0.722. The summed E-state index contributed by atoms with van der Waals surface area (Å²) in [6.45, 7) is 0.261. The van der Waals surface area contributed by atoms with Gasteiger partial charge in [-0.05, 0) is 24.1 Å². The van der Waals surface area contributed by atoms with Crippen molar-refractivity contribution in [2.75, 3.05) is 6.26 Å². The summed E-state index contributed by atoms with van der Waals surface area (Å²) in [7, 11) is -3.37. The molecule has 25 heavy (non-hydrogen) atoms. The number of hydrogen-bond donors (Lipinski definition) is 2. The lowest BCUT2D eigenvalue weighted by Gasteiger charge is -2.16. The van der Waals surface area contributed by atoms with Gasteiger partial charge in [0, 0.05) is 13.0 Å². The van der Waals surface area contributed by atoms with Crippen LogP contribution >= 0.6 is 0 Å². The molecule has 0 saturated carbocycles. The lowest BCUT2D eigenvalue weighted by molar-refractivity contribution is -0.124. The smallest absolute Gasteiger partial charge is 0.243 e. The molecule has 134 valence electrons. The molecule has 1 aromatic heterocycles. The number of halogens is 1. The molecule has 2 N–H and O–H groups in total. The van der Waals surface area contributed by atoms with E-state index in [-0.39, 0.29) is 24.8 Å². The van der Waals surface area contributed by atoms with Crippen LogP contribution in [-0.2, 0) is 38.9 Å². The first-order chi connectivity index (χ1) is 11.8. The average molecular weight is 367 g/mol. The normalized spacial score (nSPS) is 18.6. The van der Waals surface area contributed by atoms with Gasteiger partial charge in [-0.3, -0.25) is 4.79 Å². The summed E-state index contributed by atoms with van der Waals surface area (Å²) < 4.78 is 39.4. The maximum Gasteiger partial charge on any atom is 0.243 e. The van der Waals surface area contributed by atoms with Crippen LogP contribution in [0, 0.1) is 5.82 Å². The molecule has 0 bridgehead atoms. The van der Waals surface area contributed by atoms with Crippen molar-refractivity contribution in [3.8, 4) is 0 Å². The zero-order chi connectivity index (χ0) is 18.0. The number of sulfonamides is 1. The number of nitrogens with one attached hydrogen (secondary N) is 2. The lowest BCUT2D eigenvalue weighted by Crippen LogP contribution is -2.33. The number of carbonyl (C=O) groups is 1. The average Bonchev–Trinajstić information content (AvgIpc) is 3.13. The Hall–Kier alpha value is -2.17. The molecule has 1 amide bonds. The summed E-state index contributed by atoms with van der Waals surface area (Å²) in [5, 5.41) is 10.8. The monoisotopic (exact) mass is 367 g/mol. The van der Waals surface area contributed by atoms with Crippen LogP contribution in [0.1, 0.15) is 29.7 Å². The van der Waals surface area contributed by atoms with Crippen molar-refractivity contribution in [1.82, 2.24) is 24.8 Å². The predicted molar refractivity (Wildman–Crippen MR) is 87.2 cm³/mol. The van der Waals surface area contributed by atoms with E-state index in [9.17, 15) is 17.9 Å². The number of rotatable bonds is 6. The van der Waals surface area contributed by atoms with E-state index >= 15 is 0 Å². The molecule has 0 saturated heterocycles. The van der Waals surface area contributed by atoms with Gasteiger partial charge >= 0.3 is 0 Å². The second-order valence-corrected chi connectivity index (χ2v) is 7.73. The van der Waals surface area contributed by atoms with Crippen LogP contribution in [0.4, 0.5) is 4.39 Å². The first kappa shape index (κ1) is 17.6. The molecule has 0 aliphatic carbocycles. The number of carbonyl (C=O) groups excluding carboxylic acids is 1. The largest absolute Gasteiger partial charge is 0.598 e. The Balaban J connectivity index is 1.66. The van der Waals surface area contributed by atoms with Crippen LogP contribution in [0.5, 0.6) is 0 Å². The molecular weight excluding hydrogens is 349 g/mol. The highest BCUT2D eigenvalue weighted by Gasteiger charge is 2.32. The SMILES string of the molecule is C[S+](=O)([O-])NCc1nnc2n1C(C(=O)NCc1ccc(F)cc1)CC2. The Labute approximate surface area is 145 Å². The molecule has 0 radical (unpaired) electrons. The Morgan fingerprint density at radius 2 is 2.08 bits per heavy atom. The van der Waals surface area contributed by atoms with Crippen LogP contribution in [-0.4, -0.2) is 31.5 Å². The number of hydrogen-bond acceptors (Lipinski definition) is 5. The summed E-state index contributed by atoms with van der Waals surface area (Å²) in [4.78, 5) is 12.5. The van der Waals surface area contributed by atoms with E-state index in [0.717, 1.165) is 11.8 Å². The van der Waals surface area contributed by atoms with E-state index in [2.05, 4.69) is 20.2 Å². The van der Waals surface area contributed by atoms with Gasteiger partial charge < -0.3 is 14.4 Å². The summed E-state index contributed by atoms with van der Waals surface area (Å²) in [5.74, 6) is 0.526. The van der Waals surface area contributed by atoms with Gasteiger partial charge in [-0.25, -0.2) is 4.39 Å². The van der Waals surface area contributed by atoms with Crippen molar-refractivity contribution < 1.29 is 17.9 Å². The molecule has 2 heterocycles. The van der Waals surface area contributed by atoms with Crippen LogP contribution in [0.2, 0.25) is 0 Å². The fourth-order valence-corrected chi connectivity index (χ4v) is 3.15. The Kier molecular flexibility index (Phi) is 4.93. The van der Waals surface area contributed by atoms with Gasteiger partial charge in [-0.2, -0.15) is 0 Å². The predicted octanol–water partition coefficient (Wildman–Crippen LogP) is 0.485. The number of nitrogens with zero attached hydrogens (tertiary/aromatic N) is 3. The molecule has 0 spiro atoms. The number of amides is 1. The molecule has 1 aromatic carbocycles. The minimum atomic E-state index is -3.37. The van der Waals surface area contributed by atoms with Gasteiger partial charge in [-0.1, -0.05) is 16.3 Å². The summed E-state index contributed by atoms with van der Waals surface area (Å²) in [6.07, 6.45) is 2.23. The van der Waals surface area contributed by atoms with E-state index in [1.54, 1.807) is 16.7 Å². The van der Waals surface area contributed by atoms with E-state index in [1.165, 1.54) is 12.1 Å². The van der Waals surface area contributed by atoms with Crippen LogP contribution < -0.4 is 10.0 Å². The van der Waals surface area contributed by atoms with E-state index in [1.807, 2.05) is 0 Å². The second-order valence-electron chi connectivity index (χ2n) is 5.89. The first-order valence-electron chi connectivity index (χ1n) is 7.73. The summed E-state index contributed by atoms with van der Waals surface area (Å²) in [6, 6.07) is 5.40. The lowest BCUT2D eigenvalue weighted by atomic mass is 10.2. The Morgan fingerprint density at radius 3 is 2.76 bits per heavy atom. The zero-order valence-electron chi connectivity index (χ0n) is 13.6. The number of fused-ring (bicyclic) bond motifs is 1. The molecule has 1 aliphatic rings. The topological polar surface area (TPSA) is 112 Å². The Morgan fingerprint density at radius 1 is 1.36 bits per heavy atom. The molecule has 2 aromatic rings. The van der Waals surface area contributed by atoms with E-state index < -0.39 is 16.4 Å². The van der Waals surface area contributed by atoms with Gasteiger partial charge in [0.2, 0.25) is 5.91 Å². The summed E-state index contributed by atoms with van der Waals surface area (Å²) in [5.41, 5.74) is 0.788. The number of benzene rings is 1. The molecular formula is C15H18FN5O3S. The first-order valence-corrected chi connectivity index (χ1v) is 9.62. The molecule has 3 rings (SSSR count). The molecule has 10 heteroatoms. The van der Waals surface area contributed by atoms with Gasteiger partial charge in [0.25, 0.3) is 0 Å². The fourth-order valence-electron chi connectivity index (χ4n) is 2.76. The van der Waals surface area contributed by atoms with Crippen LogP contribution in [0.25, 0.3) is 0 Å². The van der Waals surface area contributed by atoms with Crippen molar-refractivity contribution in [2.45, 2.75) is 32.0 Å². The van der Waals surface area contributed by atoms with Crippen molar-refractivity contribution in [1.29, 1.82) is 0 Å². The van der Waals surface area contributed by atoms with Crippen molar-refractivity contribution in [3.63, 3.8) is 0 Å². The van der Waals surface area contributed by atoms with Gasteiger partial charge in [0.1, 0.15) is 40.9 Å². The molecule has 2 atom stereocenters. The number of aryl methyl sites for hydroxylation is 1. The second kappa shape index (κ2) is 6.98.